The largest absolute Gasteiger partial charge is 0.465 e. The van der Waals surface area contributed by atoms with Crippen molar-refractivity contribution in [1.29, 1.82) is 0 Å². The van der Waals surface area contributed by atoms with E-state index in [4.69, 9.17) is 4.98 Å². The number of halogens is 1. The first kappa shape index (κ1) is 26.0. The van der Waals surface area contributed by atoms with E-state index in [-0.39, 0.29) is 5.82 Å². The summed E-state index contributed by atoms with van der Waals surface area (Å²) in [6, 6.07) is 18.0. The lowest BCUT2D eigenvalue weighted by molar-refractivity contribution is 0.0982. The summed E-state index contributed by atoms with van der Waals surface area (Å²) in [5, 5.41) is 12.0. The van der Waals surface area contributed by atoms with Gasteiger partial charge in [-0.05, 0) is 62.3 Å². The predicted molar refractivity (Wildman–Crippen MR) is 148 cm³/mol. The van der Waals surface area contributed by atoms with Crippen molar-refractivity contribution in [1.82, 2.24) is 24.7 Å². The highest BCUT2D eigenvalue weighted by atomic mass is 19.1. The Morgan fingerprint density at radius 2 is 1.87 bits per heavy atom. The Bertz CT molecular complexity index is 1300. The number of amides is 1. The van der Waals surface area contributed by atoms with Gasteiger partial charge in [0.2, 0.25) is 0 Å². The number of nitrogens with zero attached hydrogens (tertiary/aromatic N) is 4. The fraction of sp³-hybridized carbons (Fsp3) is 0.484. The van der Waals surface area contributed by atoms with Crippen molar-refractivity contribution in [2.24, 2.45) is 0 Å². The molecule has 0 saturated carbocycles. The summed E-state index contributed by atoms with van der Waals surface area (Å²) in [4.78, 5) is 21.6. The molecule has 8 heteroatoms. The van der Waals surface area contributed by atoms with Gasteiger partial charge in [-0.15, -0.1) is 0 Å². The van der Waals surface area contributed by atoms with Crippen molar-refractivity contribution in [2.75, 3.05) is 13.1 Å². The quantitative estimate of drug-likeness (QED) is 0.404. The number of carboxylic acid groups (broad SMARTS) is 1. The Labute approximate surface area is 229 Å². The van der Waals surface area contributed by atoms with Crippen molar-refractivity contribution in [3.63, 3.8) is 0 Å². The van der Waals surface area contributed by atoms with Gasteiger partial charge in [0, 0.05) is 50.7 Å². The van der Waals surface area contributed by atoms with Crippen LogP contribution in [-0.2, 0) is 19.5 Å². The van der Waals surface area contributed by atoms with Crippen LogP contribution in [-0.4, -0.2) is 55.7 Å². The smallest absolute Gasteiger partial charge is 0.405 e. The van der Waals surface area contributed by atoms with E-state index in [2.05, 4.69) is 56.9 Å². The van der Waals surface area contributed by atoms with Crippen LogP contribution in [0.1, 0.15) is 72.5 Å². The van der Waals surface area contributed by atoms with Crippen LogP contribution in [0.2, 0.25) is 0 Å². The third-order valence-corrected chi connectivity index (χ3v) is 9.01. The summed E-state index contributed by atoms with van der Waals surface area (Å²) in [5.41, 5.74) is 4.69. The Hall–Kier alpha value is -3.23. The lowest BCUT2D eigenvalue weighted by Crippen LogP contribution is -2.45. The van der Waals surface area contributed by atoms with Crippen molar-refractivity contribution in [3.05, 3.63) is 88.8 Å². The van der Waals surface area contributed by atoms with E-state index < -0.39 is 12.1 Å². The minimum absolute atomic E-state index is 0.341. The molecule has 3 aliphatic heterocycles. The van der Waals surface area contributed by atoms with Crippen molar-refractivity contribution >= 4 is 6.09 Å². The molecule has 2 N–H and O–H groups in total. The minimum atomic E-state index is -1.08. The summed E-state index contributed by atoms with van der Waals surface area (Å²) in [6.07, 6.45) is 5.09. The monoisotopic (exact) mass is 531 g/mol. The number of rotatable bonds is 8. The molecule has 1 aromatic heterocycles. The van der Waals surface area contributed by atoms with Crippen molar-refractivity contribution in [2.45, 2.75) is 82.7 Å². The second-order valence-corrected chi connectivity index (χ2v) is 11.5. The molecule has 2 saturated heterocycles. The first-order valence-electron chi connectivity index (χ1n) is 14.3. The molecule has 0 spiro atoms. The highest BCUT2D eigenvalue weighted by Crippen LogP contribution is 2.43. The van der Waals surface area contributed by atoms with Gasteiger partial charge in [0.05, 0.1) is 17.4 Å². The van der Waals surface area contributed by atoms with Gasteiger partial charge in [0.1, 0.15) is 11.6 Å². The topological polar surface area (TPSA) is 73.6 Å². The highest BCUT2D eigenvalue weighted by Gasteiger charge is 2.42. The van der Waals surface area contributed by atoms with Crippen LogP contribution < -0.4 is 5.32 Å². The van der Waals surface area contributed by atoms with E-state index >= 15 is 0 Å². The van der Waals surface area contributed by atoms with Crippen LogP contribution in [0.15, 0.2) is 54.6 Å². The lowest BCUT2D eigenvalue weighted by Gasteiger charge is -2.41. The fourth-order valence-corrected chi connectivity index (χ4v) is 7.33. The molecule has 2 aromatic carbocycles. The molecule has 0 aliphatic carbocycles. The molecule has 2 fully saturated rings. The summed E-state index contributed by atoms with van der Waals surface area (Å²) in [5.74, 6) is 0.795. The van der Waals surface area contributed by atoms with Gasteiger partial charge in [-0.2, -0.15) is 0 Å². The van der Waals surface area contributed by atoms with Crippen LogP contribution >= 0.6 is 0 Å². The Morgan fingerprint density at radius 1 is 1.10 bits per heavy atom. The molecule has 3 aliphatic rings. The molecular weight excluding hydrogens is 493 g/mol. The van der Waals surface area contributed by atoms with E-state index in [0.29, 0.717) is 30.1 Å². The summed E-state index contributed by atoms with van der Waals surface area (Å²) < 4.78 is 16.4. The molecule has 7 nitrogen and oxygen atoms in total. The maximum Gasteiger partial charge on any atom is 0.405 e. The average Bonchev–Trinajstić information content (AvgIpc) is 3.37. The average molecular weight is 532 g/mol. The van der Waals surface area contributed by atoms with E-state index in [1.807, 2.05) is 0 Å². The number of nitrogens with one attached hydrogen (secondary N) is 1. The summed E-state index contributed by atoms with van der Waals surface area (Å²) >= 11 is 0. The molecular formula is C31H38FN5O2. The van der Waals surface area contributed by atoms with Gasteiger partial charge in [-0.25, -0.2) is 14.2 Å². The number of fused-ring (bicyclic) bond motifs is 3. The second-order valence-electron chi connectivity index (χ2n) is 11.5. The number of aryl methyl sites for hydroxylation is 1. The standard InChI is InChI=1S/C31H38FN5O2/c1-21-33-29-12-14-35(19-22-6-3-2-4-7-22)20-30(29)37(21)27-17-25-10-11-26(18-27)36(25)15-13-28(34-31(38)39)23-8-5-9-24(32)16-23/h2-9,16,25-28,34H,10-15,17-20H2,1H3,(H,38,39)/t25-,26+,27?,28-/m0/s1. The third kappa shape index (κ3) is 5.58. The maximum atomic E-state index is 13.9. The number of piperidine rings is 1. The first-order valence-corrected chi connectivity index (χ1v) is 14.3. The predicted octanol–water partition coefficient (Wildman–Crippen LogP) is 5.46. The number of hydrogen-bond acceptors (Lipinski definition) is 4. The zero-order valence-corrected chi connectivity index (χ0v) is 22.6. The molecule has 2 bridgehead atoms. The molecule has 206 valence electrons. The summed E-state index contributed by atoms with van der Waals surface area (Å²) in [6.45, 7) is 5.91. The van der Waals surface area contributed by atoms with Crippen molar-refractivity contribution < 1.29 is 14.3 Å². The first-order chi connectivity index (χ1) is 18.9. The minimum Gasteiger partial charge on any atom is -0.465 e. The Morgan fingerprint density at radius 3 is 2.59 bits per heavy atom. The zero-order valence-electron chi connectivity index (χ0n) is 22.6. The number of carbonyl (C=O) groups is 1. The number of imidazole rings is 1. The van der Waals surface area contributed by atoms with Gasteiger partial charge in [-0.3, -0.25) is 9.80 Å². The molecule has 1 unspecified atom stereocenters. The maximum absolute atomic E-state index is 13.9. The molecule has 1 amide bonds. The summed E-state index contributed by atoms with van der Waals surface area (Å²) in [7, 11) is 0. The lowest BCUT2D eigenvalue weighted by atomic mass is 9.95. The SMILES string of the molecule is Cc1nc2c(n1C1C[C@H]3CC[C@@H](C1)N3CC[C@H](NC(=O)O)c1cccc(F)c1)CN(Cc1ccccc1)CC2. The number of hydrogen-bond donors (Lipinski definition) is 2. The van der Waals surface area contributed by atoms with Gasteiger partial charge < -0.3 is 15.0 Å². The van der Waals surface area contributed by atoms with Crippen LogP contribution in [0.4, 0.5) is 9.18 Å². The molecule has 4 heterocycles. The molecule has 4 atom stereocenters. The van der Waals surface area contributed by atoms with Crippen LogP contribution in [0.3, 0.4) is 0 Å². The van der Waals surface area contributed by atoms with Gasteiger partial charge >= 0.3 is 6.09 Å². The van der Waals surface area contributed by atoms with Crippen LogP contribution in [0.5, 0.6) is 0 Å². The van der Waals surface area contributed by atoms with Crippen LogP contribution in [0.25, 0.3) is 0 Å². The Kier molecular flexibility index (Phi) is 7.40. The fourth-order valence-electron chi connectivity index (χ4n) is 7.33. The van der Waals surface area contributed by atoms with E-state index in [1.165, 1.54) is 41.9 Å². The normalized spacial score (nSPS) is 23.9. The van der Waals surface area contributed by atoms with E-state index in [0.717, 1.165) is 51.3 Å². The third-order valence-electron chi connectivity index (χ3n) is 9.01. The van der Waals surface area contributed by atoms with Gasteiger partial charge in [-0.1, -0.05) is 42.5 Å². The number of aromatic nitrogens is 2. The van der Waals surface area contributed by atoms with E-state index in [1.54, 1.807) is 12.1 Å². The second kappa shape index (κ2) is 11.1. The number of benzene rings is 2. The van der Waals surface area contributed by atoms with Gasteiger partial charge in [0.25, 0.3) is 0 Å². The molecule has 39 heavy (non-hydrogen) atoms. The van der Waals surface area contributed by atoms with Crippen LogP contribution in [0, 0.1) is 12.7 Å². The molecule has 3 aromatic rings. The molecule has 6 rings (SSSR count). The Balaban J connectivity index is 1.14. The highest BCUT2D eigenvalue weighted by molar-refractivity contribution is 5.65. The molecule has 0 radical (unpaired) electrons. The van der Waals surface area contributed by atoms with Gasteiger partial charge in [0.15, 0.2) is 0 Å². The zero-order chi connectivity index (χ0) is 26.9. The van der Waals surface area contributed by atoms with Crippen molar-refractivity contribution in [3.8, 4) is 0 Å². The van der Waals surface area contributed by atoms with E-state index in [9.17, 15) is 14.3 Å².